The summed E-state index contributed by atoms with van der Waals surface area (Å²) in [7, 11) is 3.33. The van der Waals surface area contributed by atoms with Gasteiger partial charge in [-0.25, -0.2) is 4.98 Å². The first-order chi connectivity index (χ1) is 9.17. The Morgan fingerprint density at radius 2 is 2.21 bits per heavy atom. The molecule has 104 valence electrons. The summed E-state index contributed by atoms with van der Waals surface area (Å²) in [5.74, 6) is 0.822. The summed E-state index contributed by atoms with van der Waals surface area (Å²) >= 11 is 6.21. The van der Waals surface area contributed by atoms with Gasteiger partial charge >= 0.3 is 0 Å². The molecule has 2 rings (SSSR count). The van der Waals surface area contributed by atoms with Gasteiger partial charge in [-0.2, -0.15) is 0 Å². The van der Waals surface area contributed by atoms with Crippen molar-refractivity contribution in [2.75, 3.05) is 20.8 Å². The van der Waals surface area contributed by atoms with Gasteiger partial charge in [-0.3, -0.25) is 4.98 Å². The predicted octanol–water partition coefficient (Wildman–Crippen LogP) is 2.39. The molecule has 0 fully saturated rings. The Kier molecular flexibility index (Phi) is 4.74. The van der Waals surface area contributed by atoms with Crippen molar-refractivity contribution in [2.24, 2.45) is 0 Å². The highest BCUT2D eigenvalue weighted by atomic mass is 35.5. The van der Waals surface area contributed by atoms with E-state index in [1.165, 1.54) is 0 Å². The molecule has 0 amide bonds. The Bertz CT molecular complexity index is 542. The second kappa shape index (κ2) is 6.32. The minimum atomic E-state index is -0.174. The summed E-state index contributed by atoms with van der Waals surface area (Å²) in [5, 5.41) is -0.174. The minimum absolute atomic E-state index is 0.0373. The van der Waals surface area contributed by atoms with Crippen LogP contribution < -0.4 is 0 Å². The number of nitrogens with zero attached hydrogens (tertiary/aromatic N) is 3. The van der Waals surface area contributed by atoms with Gasteiger partial charge in [0.05, 0.1) is 36.3 Å². The van der Waals surface area contributed by atoms with Crippen LogP contribution in [-0.4, -0.2) is 41.5 Å². The van der Waals surface area contributed by atoms with E-state index in [0.29, 0.717) is 13.2 Å². The minimum Gasteiger partial charge on any atom is -0.382 e. The zero-order chi connectivity index (χ0) is 13.8. The quantitative estimate of drug-likeness (QED) is 0.764. The van der Waals surface area contributed by atoms with E-state index in [9.17, 15) is 0 Å². The third-order valence-corrected chi connectivity index (χ3v) is 3.20. The molecule has 19 heavy (non-hydrogen) atoms. The number of aromatic nitrogens is 3. The molecular weight excluding hydrogens is 266 g/mol. The van der Waals surface area contributed by atoms with Crippen molar-refractivity contribution in [1.82, 2.24) is 14.5 Å². The lowest BCUT2D eigenvalue weighted by Crippen LogP contribution is -2.24. The second-order valence-electron chi connectivity index (χ2n) is 4.37. The van der Waals surface area contributed by atoms with Gasteiger partial charge in [-0.1, -0.05) is 0 Å². The van der Waals surface area contributed by atoms with E-state index < -0.39 is 0 Å². The van der Waals surface area contributed by atoms with Crippen molar-refractivity contribution in [3.8, 4) is 0 Å². The van der Waals surface area contributed by atoms with Crippen LogP contribution >= 0.6 is 11.6 Å². The third-order valence-electron chi connectivity index (χ3n) is 3.01. The van der Waals surface area contributed by atoms with Gasteiger partial charge in [0.15, 0.2) is 0 Å². The molecule has 6 heteroatoms. The molecule has 0 aliphatic heterocycles. The van der Waals surface area contributed by atoms with Crippen molar-refractivity contribution >= 4 is 22.6 Å². The van der Waals surface area contributed by atoms with Gasteiger partial charge in [-0.15, -0.1) is 11.6 Å². The highest BCUT2D eigenvalue weighted by molar-refractivity contribution is 6.20. The smallest absolute Gasteiger partial charge is 0.127 e. The summed E-state index contributed by atoms with van der Waals surface area (Å²) in [6.45, 7) is 3.08. The largest absolute Gasteiger partial charge is 0.382 e. The molecule has 0 saturated carbocycles. The van der Waals surface area contributed by atoms with E-state index in [4.69, 9.17) is 21.1 Å². The fraction of sp³-hybridized carbons (Fsp3) is 0.538. The van der Waals surface area contributed by atoms with Gasteiger partial charge in [-0.05, 0) is 13.0 Å². The van der Waals surface area contributed by atoms with Crippen LogP contribution in [0.25, 0.3) is 11.0 Å². The number of halogens is 1. The van der Waals surface area contributed by atoms with Crippen LogP contribution in [0.5, 0.6) is 0 Å². The summed E-state index contributed by atoms with van der Waals surface area (Å²) in [6, 6.07) is 1.94. The summed E-state index contributed by atoms with van der Waals surface area (Å²) < 4.78 is 12.6. The van der Waals surface area contributed by atoms with Crippen molar-refractivity contribution in [1.29, 1.82) is 0 Å². The number of imidazole rings is 1. The number of methoxy groups -OCH3 is 2. The van der Waals surface area contributed by atoms with Gasteiger partial charge < -0.3 is 14.0 Å². The molecular formula is C13H18ClN3O2. The third kappa shape index (κ3) is 3.05. The Morgan fingerprint density at radius 3 is 2.84 bits per heavy atom. The van der Waals surface area contributed by atoms with Crippen molar-refractivity contribution < 1.29 is 9.47 Å². The first-order valence-corrected chi connectivity index (χ1v) is 6.57. The molecule has 0 N–H and O–H groups in total. The maximum atomic E-state index is 6.21. The SMILES string of the molecule is COCC(Cn1c(C(C)Cl)nc2cnccc21)OC. The first kappa shape index (κ1) is 14.2. The molecule has 0 spiro atoms. The lowest BCUT2D eigenvalue weighted by molar-refractivity contribution is 0.0185. The second-order valence-corrected chi connectivity index (χ2v) is 5.03. The van der Waals surface area contributed by atoms with Crippen LogP contribution in [0.2, 0.25) is 0 Å². The summed E-state index contributed by atoms with van der Waals surface area (Å²) in [5.41, 5.74) is 1.85. The normalized spacial score (nSPS) is 14.7. The zero-order valence-electron chi connectivity index (χ0n) is 11.3. The lowest BCUT2D eigenvalue weighted by Gasteiger charge is -2.18. The standard InChI is InChI=1S/C13H18ClN3O2/c1-9(14)13-16-11-6-15-5-4-12(11)17(13)7-10(19-3)8-18-2/h4-6,9-10H,7-8H2,1-3H3. The predicted molar refractivity (Wildman–Crippen MR) is 74.5 cm³/mol. The fourth-order valence-electron chi connectivity index (χ4n) is 2.08. The van der Waals surface area contributed by atoms with E-state index in [1.807, 2.05) is 13.0 Å². The average Bonchev–Trinajstić information content (AvgIpc) is 2.77. The highest BCUT2D eigenvalue weighted by Gasteiger charge is 2.18. The molecule has 0 aromatic carbocycles. The van der Waals surface area contributed by atoms with Crippen molar-refractivity contribution in [2.45, 2.75) is 24.9 Å². The molecule has 2 aromatic rings. The van der Waals surface area contributed by atoms with E-state index in [1.54, 1.807) is 26.6 Å². The highest BCUT2D eigenvalue weighted by Crippen LogP contribution is 2.24. The van der Waals surface area contributed by atoms with Gasteiger partial charge in [0.1, 0.15) is 11.3 Å². The summed E-state index contributed by atoms with van der Waals surface area (Å²) in [6.07, 6.45) is 3.46. The zero-order valence-corrected chi connectivity index (χ0v) is 12.1. The molecule has 2 aromatic heterocycles. The van der Waals surface area contributed by atoms with Crippen LogP contribution in [0.15, 0.2) is 18.5 Å². The monoisotopic (exact) mass is 283 g/mol. The molecule has 2 atom stereocenters. The van der Waals surface area contributed by atoms with E-state index in [-0.39, 0.29) is 11.5 Å². The van der Waals surface area contributed by atoms with Crippen LogP contribution in [-0.2, 0) is 16.0 Å². The Hall–Kier alpha value is -1.17. The topological polar surface area (TPSA) is 49.2 Å². The number of rotatable bonds is 6. The molecule has 0 aliphatic carbocycles. The van der Waals surface area contributed by atoms with Gasteiger partial charge in [0, 0.05) is 20.4 Å². The number of pyridine rings is 1. The van der Waals surface area contributed by atoms with E-state index >= 15 is 0 Å². The van der Waals surface area contributed by atoms with Gasteiger partial charge in [0.2, 0.25) is 0 Å². The Morgan fingerprint density at radius 1 is 1.42 bits per heavy atom. The van der Waals surface area contributed by atoms with Gasteiger partial charge in [0.25, 0.3) is 0 Å². The van der Waals surface area contributed by atoms with Crippen LogP contribution in [0.4, 0.5) is 0 Å². The maximum absolute atomic E-state index is 6.21. The lowest BCUT2D eigenvalue weighted by atomic mass is 10.3. The Balaban J connectivity index is 2.41. The van der Waals surface area contributed by atoms with E-state index in [2.05, 4.69) is 14.5 Å². The van der Waals surface area contributed by atoms with E-state index in [0.717, 1.165) is 16.9 Å². The molecule has 0 aliphatic rings. The van der Waals surface area contributed by atoms with Crippen molar-refractivity contribution in [3.05, 3.63) is 24.3 Å². The first-order valence-electron chi connectivity index (χ1n) is 6.13. The number of hydrogen-bond acceptors (Lipinski definition) is 4. The number of fused-ring (bicyclic) bond motifs is 1. The number of ether oxygens (including phenoxy) is 2. The molecule has 2 heterocycles. The molecule has 5 nitrogen and oxygen atoms in total. The fourth-order valence-corrected chi connectivity index (χ4v) is 2.25. The molecule has 0 saturated heterocycles. The van der Waals surface area contributed by atoms with Crippen LogP contribution in [0.3, 0.4) is 0 Å². The molecule has 0 bridgehead atoms. The maximum Gasteiger partial charge on any atom is 0.127 e. The Labute approximate surface area is 117 Å². The van der Waals surface area contributed by atoms with Crippen LogP contribution in [0, 0.1) is 0 Å². The van der Waals surface area contributed by atoms with Crippen LogP contribution in [0.1, 0.15) is 18.1 Å². The number of alkyl halides is 1. The summed E-state index contributed by atoms with van der Waals surface area (Å²) in [4.78, 5) is 8.62. The molecule has 2 unspecified atom stereocenters. The average molecular weight is 284 g/mol. The molecule has 0 radical (unpaired) electrons. The van der Waals surface area contributed by atoms with Crippen molar-refractivity contribution in [3.63, 3.8) is 0 Å². The number of hydrogen-bond donors (Lipinski definition) is 0.